The van der Waals surface area contributed by atoms with Gasteiger partial charge in [-0.15, -0.1) is 0 Å². The molecule has 6 nitrogen and oxygen atoms in total. The zero-order valence-electron chi connectivity index (χ0n) is 19.5. The molecule has 3 atom stereocenters. The Bertz CT molecular complexity index is 1080. The zero-order chi connectivity index (χ0) is 23.4. The number of benzene rings is 3. The number of ether oxygens (including phenoxy) is 3. The molecule has 33 heavy (non-hydrogen) atoms. The highest BCUT2D eigenvalue weighted by atomic mass is 16.5. The Kier molecular flexibility index (Phi) is 7.38. The monoisotopic (exact) mass is 451 g/mol. The van der Waals surface area contributed by atoms with Gasteiger partial charge >= 0.3 is 0 Å². The Labute approximate surface area is 195 Å². The summed E-state index contributed by atoms with van der Waals surface area (Å²) in [6, 6.07) is 18.0. The van der Waals surface area contributed by atoms with Crippen LogP contribution in [0.4, 0.5) is 0 Å². The second-order valence-electron chi connectivity index (χ2n) is 8.70. The molecule has 0 saturated carbocycles. The lowest BCUT2D eigenvalue weighted by atomic mass is 9.85. The van der Waals surface area contributed by atoms with E-state index in [1.54, 1.807) is 14.2 Å². The summed E-state index contributed by atoms with van der Waals surface area (Å²) in [4.78, 5) is 2.24. The van der Waals surface area contributed by atoms with E-state index in [1.807, 2.05) is 61.5 Å². The third-order valence-corrected chi connectivity index (χ3v) is 6.48. The van der Waals surface area contributed by atoms with Crippen LogP contribution in [0.15, 0.2) is 54.6 Å². The zero-order valence-corrected chi connectivity index (χ0v) is 19.5. The van der Waals surface area contributed by atoms with Crippen molar-refractivity contribution in [2.45, 2.75) is 25.5 Å². The maximum Gasteiger partial charge on any atom is 0.161 e. The smallest absolute Gasteiger partial charge is 0.161 e. The largest absolute Gasteiger partial charge is 0.493 e. The molecule has 1 aliphatic heterocycles. The molecule has 1 aliphatic rings. The van der Waals surface area contributed by atoms with E-state index in [0.29, 0.717) is 18.0 Å². The number of hydrogen-bond acceptors (Lipinski definition) is 6. The Morgan fingerprint density at radius 1 is 1.00 bits per heavy atom. The molecule has 3 aromatic rings. The lowest BCUT2D eigenvalue weighted by Gasteiger charge is -2.41. The number of aliphatic hydroxyl groups is 2. The van der Waals surface area contributed by atoms with Crippen molar-refractivity contribution in [2.24, 2.45) is 5.92 Å². The van der Waals surface area contributed by atoms with E-state index < -0.39 is 6.10 Å². The highest BCUT2D eigenvalue weighted by molar-refractivity contribution is 5.88. The number of rotatable bonds is 9. The summed E-state index contributed by atoms with van der Waals surface area (Å²) in [6.45, 7) is 3.51. The average Bonchev–Trinajstić information content (AvgIpc) is 2.85. The lowest BCUT2D eigenvalue weighted by molar-refractivity contribution is 0.0270. The van der Waals surface area contributed by atoms with Crippen LogP contribution >= 0.6 is 0 Å². The lowest BCUT2D eigenvalue weighted by Crippen LogP contribution is -2.44. The van der Waals surface area contributed by atoms with Gasteiger partial charge in [0.25, 0.3) is 0 Å². The molecule has 1 heterocycles. The fraction of sp³-hybridized carbons (Fsp3) is 0.407. The maximum atomic E-state index is 10.9. The van der Waals surface area contributed by atoms with Crippen LogP contribution in [0, 0.1) is 5.92 Å². The Morgan fingerprint density at radius 3 is 2.48 bits per heavy atom. The van der Waals surface area contributed by atoms with E-state index in [-0.39, 0.29) is 25.2 Å². The second kappa shape index (κ2) is 10.4. The third kappa shape index (κ3) is 4.93. The predicted octanol–water partition coefficient (Wildman–Crippen LogP) is 3.82. The molecule has 176 valence electrons. The number of fused-ring (bicyclic) bond motifs is 2. The molecule has 0 fully saturated rings. The Balaban J connectivity index is 1.51. The molecule has 0 aromatic heterocycles. The average molecular weight is 452 g/mol. The van der Waals surface area contributed by atoms with Gasteiger partial charge in [0.15, 0.2) is 11.5 Å². The molecule has 0 spiro atoms. The molecule has 3 aromatic carbocycles. The fourth-order valence-electron chi connectivity index (χ4n) is 4.83. The van der Waals surface area contributed by atoms with Crippen molar-refractivity contribution in [1.29, 1.82) is 0 Å². The fourth-order valence-corrected chi connectivity index (χ4v) is 4.83. The Hall–Kier alpha value is -2.80. The predicted molar refractivity (Wildman–Crippen MR) is 129 cm³/mol. The van der Waals surface area contributed by atoms with Gasteiger partial charge in [0.05, 0.1) is 14.2 Å². The van der Waals surface area contributed by atoms with Gasteiger partial charge in [0.1, 0.15) is 18.5 Å². The summed E-state index contributed by atoms with van der Waals surface area (Å²) in [5.41, 5.74) is 2.30. The van der Waals surface area contributed by atoms with Gasteiger partial charge in [-0.05, 0) is 47.1 Å². The van der Waals surface area contributed by atoms with Gasteiger partial charge in [0.2, 0.25) is 0 Å². The van der Waals surface area contributed by atoms with E-state index in [0.717, 1.165) is 35.1 Å². The molecule has 4 rings (SSSR count). The van der Waals surface area contributed by atoms with Gasteiger partial charge in [-0.3, -0.25) is 4.90 Å². The van der Waals surface area contributed by atoms with Gasteiger partial charge in [-0.1, -0.05) is 43.3 Å². The first-order valence-corrected chi connectivity index (χ1v) is 11.4. The number of nitrogens with zero attached hydrogens (tertiary/aromatic N) is 1. The molecule has 0 radical (unpaired) electrons. The van der Waals surface area contributed by atoms with Gasteiger partial charge in [-0.2, -0.15) is 0 Å². The molecule has 0 amide bonds. The first kappa shape index (κ1) is 23.4. The van der Waals surface area contributed by atoms with Crippen molar-refractivity contribution in [3.63, 3.8) is 0 Å². The van der Waals surface area contributed by atoms with E-state index in [4.69, 9.17) is 14.2 Å². The number of methoxy groups -OCH3 is 2. The minimum absolute atomic E-state index is 0.00617. The molecule has 6 heteroatoms. The van der Waals surface area contributed by atoms with Crippen molar-refractivity contribution >= 4 is 10.8 Å². The van der Waals surface area contributed by atoms with Crippen molar-refractivity contribution in [1.82, 2.24) is 4.90 Å². The molecular weight excluding hydrogens is 418 g/mol. The summed E-state index contributed by atoms with van der Waals surface area (Å²) in [5, 5.41) is 23.0. The summed E-state index contributed by atoms with van der Waals surface area (Å²) in [7, 11) is 3.27. The van der Waals surface area contributed by atoms with Crippen LogP contribution in [0.25, 0.3) is 10.8 Å². The SMILES string of the molecule is COc1cc2c(cc1OC)[C@@H]([C@@H](C)CO)N(CC(O)COc1cccc3ccccc13)CC2. The minimum atomic E-state index is -0.668. The van der Waals surface area contributed by atoms with Crippen LogP contribution < -0.4 is 14.2 Å². The van der Waals surface area contributed by atoms with Crippen LogP contribution in [0.2, 0.25) is 0 Å². The normalized spacial score (nSPS) is 17.9. The van der Waals surface area contributed by atoms with Gasteiger partial charge < -0.3 is 24.4 Å². The highest BCUT2D eigenvalue weighted by Crippen LogP contribution is 2.41. The molecule has 1 unspecified atom stereocenters. The van der Waals surface area contributed by atoms with Crippen molar-refractivity contribution < 1.29 is 24.4 Å². The van der Waals surface area contributed by atoms with Gasteiger partial charge in [-0.25, -0.2) is 0 Å². The van der Waals surface area contributed by atoms with Crippen LogP contribution in [0.5, 0.6) is 17.2 Å². The van der Waals surface area contributed by atoms with Crippen molar-refractivity contribution in [3.05, 3.63) is 65.7 Å². The Morgan fingerprint density at radius 2 is 1.73 bits per heavy atom. The van der Waals surface area contributed by atoms with Gasteiger partial charge in [0, 0.05) is 31.1 Å². The molecule has 0 bridgehead atoms. The quantitative estimate of drug-likeness (QED) is 0.515. The topological polar surface area (TPSA) is 71.4 Å². The molecule has 0 aliphatic carbocycles. The number of aliphatic hydroxyl groups excluding tert-OH is 2. The number of hydrogen-bond donors (Lipinski definition) is 2. The molecule has 0 saturated heterocycles. The van der Waals surface area contributed by atoms with Crippen LogP contribution in [-0.4, -0.2) is 61.7 Å². The standard InChI is InChI=1S/C27H33NO5/c1-18(16-29)27-23-14-26(32-3)25(31-2)13-20(23)11-12-28(27)15-21(30)17-33-24-10-6-8-19-7-4-5-9-22(19)24/h4-10,13-14,18,21,27,29-30H,11-12,15-17H2,1-3H3/t18-,21?,27+/m0/s1. The van der Waals surface area contributed by atoms with E-state index in [1.165, 1.54) is 5.56 Å². The first-order valence-electron chi connectivity index (χ1n) is 11.4. The summed E-state index contributed by atoms with van der Waals surface area (Å²) < 4.78 is 17.0. The number of β-amino-alcohol motifs (C(OH)–C–C–N with tert-alkyl or cyclic N) is 1. The van der Waals surface area contributed by atoms with Crippen molar-refractivity contribution in [2.75, 3.05) is 40.5 Å². The second-order valence-corrected chi connectivity index (χ2v) is 8.70. The highest BCUT2D eigenvalue weighted by Gasteiger charge is 2.33. The third-order valence-electron chi connectivity index (χ3n) is 6.48. The minimum Gasteiger partial charge on any atom is -0.493 e. The summed E-state index contributed by atoms with van der Waals surface area (Å²) in [6.07, 6.45) is 0.167. The first-order chi connectivity index (χ1) is 16.0. The van der Waals surface area contributed by atoms with E-state index in [9.17, 15) is 10.2 Å². The van der Waals surface area contributed by atoms with Crippen molar-refractivity contribution in [3.8, 4) is 17.2 Å². The molecular formula is C27H33NO5. The summed E-state index contributed by atoms with van der Waals surface area (Å²) in [5.74, 6) is 2.15. The van der Waals surface area contributed by atoms with Crippen LogP contribution in [0.1, 0.15) is 24.1 Å². The van der Waals surface area contributed by atoms with Crippen LogP contribution in [-0.2, 0) is 6.42 Å². The molecule has 2 N–H and O–H groups in total. The van der Waals surface area contributed by atoms with E-state index >= 15 is 0 Å². The summed E-state index contributed by atoms with van der Waals surface area (Å²) >= 11 is 0. The maximum absolute atomic E-state index is 10.9. The van der Waals surface area contributed by atoms with E-state index in [2.05, 4.69) is 4.90 Å². The van der Waals surface area contributed by atoms with Crippen LogP contribution in [0.3, 0.4) is 0 Å².